The minimum atomic E-state index is -0.549. The Labute approximate surface area is 193 Å². The zero-order valence-corrected chi connectivity index (χ0v) is 20.3. The zero-order valence-electron chi connectivity index (χ0n) is 18.2. The Morgan fingerprint density at radius 1 is 1.10 bits per heavy atom. The molecule has 2 aromatic carbocycles. The van der Waals surface area contributed by atoms with Crippen molar-refractivity contribution in [3.63, 3.8) is 0 Å². The van der Waals surface area contributed by atoms with E-state index in [0.717, 1.165) is 21.1 Å². The van der Waals surface area contributed by atoms with E-state index in [-0.39, 0.29) is 24.5 Å². The molecule has 0 radical (unpaired) electrons. The van der Waals surface area contributed by atoms with Crippen LogP contribution in [0.25, 0.3) is 0 Å². The predicted octanol–water partition coefficient (Wildman–Crippen LogP) is 4.70. The van der Waals surface area contributed by atoms with Crippen molar-refractivity contribution in [1.82, 2.24) is 10.2 Å². The molecule has 2 aromatic rings. The molecule has 0 bridgehead atoms. The van der Waals surface area contributed by atoms with E-state index in [0.29, 0.717) is 18.7 Å². The molecule has 0 saturated carbocycles. The van der Waals surface area contributed by atoms with Crippen LogP contribution >= 0.6 is 22.6 Å². The summed E-state index contributed by atoms with van der Waals surface area (Å²) in [5.74, 6) is 0.305. The first-order chi connectivity index (χ1) is 14.3. The number of benzene rings is 2. The van der Waals surface area contributed by atoms with Crippen LogP contribution in [0.1, 0.15) is 44.7 Å². The molecule has 6 heteroatoms. The van der Waals surface area contributed by atoms with Crippen LogP contribution in [-0.4, -0.2) is 35.4 Å². The smallest absolute Gasteiger partial charge is 0.261 e. The van der Waals surface area contributed by atoms with Gasteiger partial charge in [-0.3, -0.25) is 9.59 Å². The van der Waals surface area contributed by atoms with Crippen LogP contribution in [0, 0.1) is 10.5 Å². The van der Waals surface area contributed by atoms with E-state index in [4.69, 9.17) is 4.74 Å². The molecule has 0 spiro atoms. The number of ether oxygens (including phenoxy) is 1. The van der Waals surface area contributed by atoms with Gasteiger partial charge >= 0.3 is 0 Å². The van der Waals surface area contributed by atoms with Gasteiger partial charge in [-0.2, -0.15) is 0 Å². The molecule has 2 amide bonds. The summed E-state index contributed by atoms with van der Waals surface area (Å²) in [6, 6.07) is 15.1. The molecule has 0 aliphatic heterocycles. The number of rotatable bonds is 10. The maximum atomic E-state index is 13.2. The van der Waals surface area contributed by atoms with Crippen molar-refractivity contribution >= 4 is 34.4 Å². The summed E-state index contributed by atoms with van der Waals surface area (Å²) in [5.41, 5.74) is 2.11. The molecule has 5 nitrogen and oxygen atoms in total. The minimum absolute atomic E-state index is 0.0607. The van der Waals surface area contributed by atoms with Crippen LogP contribution in [0.5, 0.6) is 5.75 Å². The monoisotopic (exact) mass is 522 g/mol. The molecular formula is C24H31IN2O3. The number of amides is 2. The van der Waals surface area contributed by atoms with E-state index in [2.05, 4.69) is 27.9 Å². The molecule has 2 atom stereocenters. The number of halogens is 1. The van der Waals surface area contributed by atoms with Gasteiger partial charge in [0.25, 0.3) is 5.91 Å². The zero-order chi connectivity index (χ0) is 22.1. The number of nitrogens with one attached hydrogen (secondary N) is 1. The van der Waals surface area contributed by atoms with Gasteiger partial charge in [0, 0.05) is 16.2 Å². The molecule has 0 fully saturated rings. The Morgan fingerprint density at radius 3 is 2.40 bits per heavy atom. The predicted molar refractivity (Wildman–Crippen MR) is 128 cm³/mol. The largest absolute Gasteiger partial charge is 0.484 e. The van der Waals surface area contributed by atoms with E-state index >= 15 is 0 Å². The van der Waals surface area contributed by atoms with Gasteiger partial charge in [0.1, 0.15) is 11.8 Å². The quantitative estimate of drug-likeness (QED) is 0.461. The van der Waals surface area contributed by atoms with Gasteiger partial charge in [-0.15, -0.1) is 0 Å². The van der Waals surface area contributed by atoms with Crippen LogP contribution in [-0.2, 0) is 16.1 Å². The van der Waals surface area contributed by atoms with Gasteiger partial charge < -0.3 is 15.0 Å². The molecule has 0 aliphatic carbocycles. The third-order valence-corrected chi connectivity index (χ3v) is 5.72. The van der Waals surface area contributed by atoms with Gasteiger partial charge in [-0.25, -0.2) is 0 Å². The molecular weight excluding hydrogens is 491 g/mol. The lowest BCUT2D eigenvalue weighted by Crippen LogP contribution is -2.51. The van der Waals surface area contributed by atoms with Crippen molar-refractivity contribution in [2.45, 2.75) is 59.2 Å². The number of aryl methyl sites for hydroxylation is 1. The maximum absolute atomic E-state index is 13.2. The van der Waals surface area contributed by atoms with E-state index in [1.165, 1.54) is 0 Å². The van der Waals surface area contributed by atoms with Crippen molar-refractivity contribution in [2.24, 2.45) is 0 Å². The molecule has 0 saturated heterocycles. The van der Waals surface area contributed by atoms with Crippen LogP contribution < -0.4 is 10.1 Å². The van der Waals surface area contributed by atoms with Crippen LogP contribution in [0.4, 0.5) is 0 Å². The first-order valence-corrected chi connectivity index (χ1v) is 11.5. The van der Waals surface area contributed by atoms with Crippen LogP contribution in [0.2, 0.25) is 0 Å². The summed E-state index contributed by atoms with van der Waals surface area (Å²) in [7, 11) is 0. The molecule has 162 valence electrons. The Bertz CT molecular complexity index is 839. The van der Waals surface area contributed by atoms with Crippen molar-refractivity contribution in [1.29, 1.82) is 0 Å². The first kappa shape index (κ1) is 24.2. The highest BCUT2D eigenvalue weighted by Crippen LogP contribution is 2.16. The highest BCUT2D eigenvalue weighted by atomic mass is 127. The second-order valence-corrected chi connectivity index (χ2v) is 8.74. The molecule has 0 aliphatic rings. The minimum Gasteiger partial charge on any atom is -0.484 e. The molecule has 0 heterocycles. The third-order valence-electron chi connectivity index (χ3n) is 5.00. The first-order valence-electron chi connectivity index (χ1n) is 10.4. The topological polar surface area (TPSA) is 58.6 Å². The highest BCUT2D eigenvalue weighted by Gasteiger charge is 2.29. The SMILES string of the molecule is CC[C@@H](C)NC(=O)[C@@H](CC)N(Cc1cccc(C)c1)C(=O)COc1ccc(I)cc1. The van der Waals surface area contributed by atoms with Gasteiger partial charge in [0.2, 0.25) is 5.91 Å². The van der Waals surface area contributed by atoms with Crippen LogP contribution in [0.3, 0.4) is 0 Å². The summed E-state index contributed by atoms with van der Waals surface area (Å²) in [4.78, 5) is 27.7. The van der Waals surface area contributed by atoms with Gasteiger partial charge in [0.05, 0.1) is 0 Å². The molecule has 0 aromatic heterocycles. The van der Waals surface area contributed by atoms with E-state index in [1.54, 1.807) is 4.90 Å². The molecule has 30 heavy (non-hydrogen) atoms. The number of carbonyl (C=O) groups excluding carboxylic acids is 2. The van der Waals surface area contributed by atoms with E-state index in [9.17, 15) is 9.59 Å². The lowest BCUT2D eigenvalue weighted by molar-refractivity contribution is -0.143. The number of hydrogen-bond donors (Lipinski definition) is 1. The summed E-state index contributed by atoms with van der Waals surface area (Å²) in [6.45, 7) is 8.19. The summed E-state index contributed by atoms with van der Waals surface area (Å²) < 4.78 is 6.81. The Kier molecular flexibility index (Phi) is 9.62. The van der Waals surface area contributed by atoms with Crippen molar-refractivity contribution in [3.05, 3.63) is 63.2 Å². The Balaban J connectivity index is 2.20. The fourth-order valence-electron chi connectivity index (χ4n) is 3.13. The fraction of sp³-hybridized carbons (Fsp3) is 0.417. The van der Waals surface area contributed by atoms with Crippen LogP contribution in [0.15, 0.2) is 48.5 Å². The lowest BCUT2D eigenvalue weighted by atomic mass is 10.1. The summed E-state index contributed by atoms with van der Waals surface area (Å²) in [6.07, 6.45) is 1.37. The van der Waals surface area contributed by atoms with E-state index in [1.807, 2.05) is 76.2 Å². The number of carbonyl (C=O) groups is 2. The van der Waals surface area contributed by atoms with Gasteiger partial charge in [-0.1, -0.05) is 43.7 Å². The second-order valence-electron chi connectivity index (χ2n) is 7.50. The second kappa shape index (κ2) is 11.9. The third kappa shape index (κ3) is 7.31. The van der Waals surface area contributed by atoms with Crippen molar-refractivity contribution in [3.8, 4) is 5.75 Å². The van der Waals surface area contributed by atoms with Crippen molar-refractivity contribution < 1.29 is 14.3 Å². The average Bonchev–Trinajstić information content (AvgIpc) is 2.72. The normalized spacial score (nSPS) is 12.7. The fourth-order valence-corrected chi connectivity index (χ4v) is 3.49. The van der Waals surface area contributed by atoms with Gasteiger partial charge in [-0.05, 0) is 79.1 Å². The Morgan fingerprint density at radius 2 is 1.80 bits per heavy atom. The molecule has 1 N–H and O–H groups in total. The lowest BCUT2D eigenvalue weighted by Gasteiger charge is -2.31. The standard InChI is InChI=1S/C24H31IN2O3/c1-5-18(4)26-24(29)22(6-2)27(15-19-9-7-8-17(3)14-19)23(28)16-30-21-12-10-20(25)11-13-21/h7-14,18,22H,5-6,15-16H2,1-4H3,(H,26,29)/t18-,22-/m1/s1. The number of hydrogen-bond acceptors (Lipinski definition) is 3. The summed E-state index contributed by atoms with van der Waals surface area (Å²) in [5, 5.41) is 3.02. The maximum Gasteiger partial charge on any atom is 0.261 e. The summed E-state index contributed by atoms with van der Waals surface area (Å²) >= 11 is 2.22. The highest BCUT2D eigenvalue weighted by molar-refractivity contribution is 14.1. The molecule has 0 unspecified atom stereocenters. The number of nitrogens with zero attached hydrogens (tertiary/aromatic N) is 1. The Hall–Kier alpha value is -2.09. The molecule has 2 rings (SSSR count). The average molecular weight is 522 g/mol. The van der Waals surface area contributed by atoms with E-state index < -0.39 is 6.04 Å². The van der Waals surface area contributed by atoms with Crippen molar-refractivity contribution in [2.75, 3.05) is 6.61 Å². The van der Waals surface area contributed by atoms with Gasteiger partial charge in [0.15, 0.2) is 6.61 Å².